The van der Waals surface area contributed by atoms with E-state index in [-0.39, 0.29) is 35.6 Å². The second-order valence-electron chi connectivity index (χ2n) is 7.07. The van der Waals surface area contributed by atoms with Gasteiger partial charge in [0.05, 0.1) is 5.92 Å². The predicted molar refractivity (Wildman–Crippen MR) is 91.4 cm³/mol. The topological polar surface area (TPSA) is 75.2 Å². The predicted octanol–water partition coefficient (Wildman–Crippen LogP) is 2.81. The summed E-state index contributed by atoms with van der Waals surface area (Å²) < 4.78 is 0. The molecule has 2 amide bonds. The molecule has 1 aromatic heterocycles. The summed E-state index contributed by atoms with van der Waals surface area (Å²) in [4.78, 5) is 26.4. The summed E-state index contributed by atoms with van der Waals surface area (Å²) in [7, 11) is 0. The number of aromatic nitrogens is 2. The molecular weight excluding hydrogens is 312 g/mol. The molecule has 0 aliphatic carbocycles. The van der Waals surface area contributed by atoms with Crippen LogP contribution in [0.4, 0.5) is 5.13 Å². The van der Waals surface area contributed by atoms with Gasteiger partial charge in [-0.2, -0.15) is 0 Å². The van der Waals surface area contributed by atoms with Gasteiger partial charge in [0.2, 0.25) is 16.9 Å². The molecule has 0 spiro atoms. The van der Waals surface area contributed by atoms with Crippen molar-refractivity contribution in [3.8, 4) is 0 Å². The standard InChI is InChI=1S/C16H26N4O2S/c1-6-11(7-2)20-9-10(8-12(20)21)13(22)17-15-19-18-14(23-15)16(3,4)5/h10-11H,6-9H2,1-5H3,(H,17,19,22)/t10-/m1/s1. The van der Waals surface area contributed by atoms with Crippen LogP contribution in [-0.2, 0) is 15.0 Å². The van der Waals surface area contributed by atoms with E-state index < -0.39 is 0 Å². The molecule has 128 valence electrons. The minimum Gasteiger partial charge on any atom is -0.339 e. The van der Waals surface area contributed by atoms with Crippen molar-refractivity contribution < 1.29 is 9.59 Å². The zero-order chi connectivity index (χ0) is 17.2. The molecule has 1 N–H and O–H groups in total. The van der Waals surface area contributed by atoms with Crippen LogP contribution in [0.3, 0.4) is 0 Å². The Balaban J connectivity index is 1.99. The molecule has 1 aliphatic heterocycles. The van der Waals surface area contributed by atoms with Gasteiger partial charge in [-0.15, -0.1) is 10.2 Å². The molecule has 0 bridgehead atoms. The van der Waals surface area contributed by atoms with Crippen LogP contribution < -0.4 is 5.32 Å². The van der Waals surface area contributed by atoms with Crippen molar-refractivity contribution in [3.63, 3.8) is 0 Å². The third kappa shape index (κ3) is 4.07. The average Bonchev–Trinajstić information content (AvgIpc) is 3.08. The summed E-state index contributed by atoms with van der Waals surface area (Å²) in [6.07, 6.45) is 2.12. The number of hydrogen-bond donors (Lipinski definition) is 1. The average molecular weight is 338 g/mol. The normalized spacial score (nSPS) is 18.8. The van der Waals surface area contributed by atoms with Gasteiger partial charge in [0.1, 0.15) is 5.01 Å². The third-order valence-corrected chi connectivity index (χ3v) is 5.47. The van der Waals surface area contributed by atoms with E-state index in [1.807, 2.05) is 4.90 Å². The number of nitrogens with zero attached hydrogens (tertiary/aromatic N) is 3. The molecule has 2 rings (SSSR count). The first-order valence-corrected chi connectivity index (χ1v) is 9.02. The first kappa shape index (κ1) is 17.8. The maximum absolute atomic E-state index is 12.4. The summed E-state index contributed by atoms with van der Waals surface area (Å²) >= 11 is 1.39. The van der Waals surface area contributed by atoms with Crippen LogP contribution in [0, 0.1) is 5.92 Å². The smallest absolute Gasteiger partial charge is 0.231 e. The molecule has 0 saturated carbocycles. The van der Waals surface area contributed by atoms with Gasteiger partial charge in [0, 0.05) is 24.4 Å². The van der Waals surface area contributed by atoms with Crippen LogP contribution in [0.5, 0.6) is 0 Å². The van der Waals surface area contributed by atoms with Crippen molar-refractivity contribution in [2.75, 3.05) is 11.9 Å². The monoisotopic (exact) mass is 338 g/mol. The number of nitrogens with one attached hydrogen (secondary N) is 1. The SMILES string of the molecule is CCC(CC)N1C[C@H](C(=O)Nc2nnc(C(C)(C)C)s2)CC1=O. The quantitative estimate of drug-likeness (QED) is 0.896. The number of amides is 2. The molecule has 0 aromatic carbocycles. The number of carbonyl (C=O) groups is 2. The second kappa shape index (κ2) is 6.95. The molecule has 2 heterocycles. The Morgan fingerprint density at radius 3 is 2.52 bits per heavy atom. The zero-order valence-electron chi connectivity index (χ0n) is 14.5. The number of hydrogen-bond acceptors (Lipinski definition) is 5. The molecule has 1 aliphatic rings. The van der Waals surface area contributed by atoms with Crippen molar-refractivity contribution in [3.05, 3.63) is 5.01 Å². The van der Waals surface area contributed by atoms with Crippen molar-refractivity contribution >= 4 is 28.3 Å². The Labute approximate surface area is 141 Å². The molecule has 7 heteroatoms. The molecule has 23 heavy (non-hydrogen) atoms. The summed E-state index contributed by atoms with van der Waals surface area (Å²) in [6, 6.07) is 0.231. The van der Waals surface area contributed by atoms with Crippen molar-refractivity contribution in [1.82, 2.24) is 15.1 Å². The Hall–Kier alpha value is -1.50. The van der Waals surface area contributed by atoms with Crippen LogP contribution in [0.2, 0.25) is 0 Å². The largest absolute Gasteiger partial charge is 0.339 e. The van der Waals surface area contributed by atoms with E-state index in [4.69, 9.17) is 0 Å². The first-order chi connectivity index (χ1) is 10.8. The van der Waals surface area contributed by atoms with E-state index in [2.05, 4.69) is 50.1 Å². The lowest BCUT2D eigenvalue weighted by Gasteiger charge is -2.25. The summed E-state index contributed by atoms with van der Waals surface area (Å²) in [5.41, 5.74) is -0.0871. The minimum atomic E-state index is -0.301. The van der Waals surface area contributed by atoms with E-state index in [9.17, 15) is 9.59 Å². The molecule has 1 saturated heterocycles. The maximum atomic E-state index is 12.4. The number of rotatable bonds is 5. The van der Waals surface area contributed by atoms with E-state index in [0.29, 0.717) is 11.7 Å². The van der Waals surface area contributed by atoms with Gasteiger partial charge in [0.25, 0.3) is 0 Å². The van der Waals surface area contributed by atoms with E-state index in [1.165, 1.54) is 11.3 Å². The Morgan fingerprint density at radius 2 is 2.00 bits per heavy atom. The van der Waals surface area contributed by atoms with E-state index >= 15 is 0 Å². The van der Waals surface area contributed by atoms with Gasteiger partial charge in [0.15, 0.2) is 0 Å². The molecule has 1 fully saturated rings. The highest BCUT2D eigenvalue weighted by atomic mass is 32.1. The van der Waals surface area contributed by atoms with Crippen molar-refractivity contribution in [2.24, 2.45) is 5.92 Å². The molecule has 6 nitrogen and oxygen atoms in total. The highest BCUT2D eigenvalue weighted by molar-refractivity contribution is 7.15. The highest BCUT2D eigenvalue weighted by Crippen LogP contribution is 2.29. The van der Waals surface area contributed by atoms with Gasteiger partial charge in [-0.3, -0.25) is 9.59 Å². The summed E-state index contributed by atoms with van der Waals surface area (Å²) in [6.45, 7) is 10.8. The van der Waals surface area contributed by atoms with Crippen molar-refractivity contribution in [1.29, 1.82) is 0 Å². The fourth-order valence-corrected chi connectivity index (χ4v) is 3.58. The van der Waals surface area contributed by atoms with E-state index in [1.54, 1.807) is 0 Å². The summed E-state index contributed by atoms with van der Waals surface area (Å²) in [5.74, 6) is -0.361. The van der Waals surface area contributed by atoms with Crippen LogP contribution in [0.1, 0.15) is 58.9 Å². The first-order valence-electron chi connectivity index (χ1n) is 8.20. The van der Waals surface area contributed by atoms with Gasteiger partial charge in [-0.25, -0.2) is 0 Å². The Kier molecular flexibility index (Phi) is 5.39. The fraction of sp³-hybridized carbons (Fsp3) is 0.750. The number of likely N-dealkylation sites (tertiary alicyclic amines) is 1. The number of carbonyl (C=O) groups excluding carboxylic acids is 2. The van der Waals surface area contributed by atoms with Crippen LogP contribution in [-0.4, -0.2) is 39.5 Å². The van der Waals surface area contributed by atoms with Crippen LogP contribution in [0.25, 0.3) is 0 Å². The fourth-order valence-electron chi connectivity index (χ4n) is 2.77. The van der Waals surface area contributed by atoms with Gasteiger partial charge in [-0.05, 0) is 12.8 Å². The summed E-state index contributed by atoms with van der Waals surface area (Å²) in [5, 5.41) is 12.4. The zero-order valence-corrected chi connectivity index (χ0v) is 15.4. The molecule has 0 unspecified atom stereocenters. The van der Waals surface area contributed by atoms with Crippen molar-refractivity contribution in [2.45, 2.75) is 65.3 Å². The molecule has 1 atom stereocenters. The second-order valence-corrected chi connectivity index (χ2v) is 8.05. The molecule has 1 aromatic rings. The van der Waals surface area contributed by atoms with E-state index in [0.717, 1.165) is 17.8 Å². The lowest BCUT2D eigenvalue weighted by atomic mass is 9.98. The third-order valence-electron chi connectivity index (χ3n) is 4.21. The van der Waals surface area contributed by atoms with Gasteiger partial charge < -0.3 is 10.2 Å². The number of anilines is 1. The van der Waals surface area contributed by atoms with Gasteiger partial charge >= 0.3 is 0 Å². The maximum Gasteiger partial charge on any atom is 0.231 e. The van der Waals surface area contributed by atoms with Crippen LogP contribution in [0.15, 0.2) is 0 Å². The lowest BCUT2D eigenvalue weighted by molar-refractivity contribution is -0.130. The lowest BCUT2D eigenvalue weighted by Crippen LogP contribution is -2.36. The van der Waals surface area contributed by atoms with Crippen LogP contribution >= 0.6 is 11.3 Å². The van der Waals surface area contributed by atoms with Gasteiger partial charge in [-0.1, -0.05) is 46.0 Å². The highest BCUT2D eigenvalue weighted by Gasteiger charge is 2.37. The Morgan fingerprint density at radius 1 is 1.35 bits per heavy atom. The molecular formula is C16H26N4O2S. The Bertz CT molecular complexity index is 575. The minimum absolute atomic E-state index is 0.0755. The molecule has 0 radical (unpaired) electrons.